The van der Waals surface area contributed by atoms with Gasteiger partial charge >= 0.3 is 0 Å². The van der Waals surface area contributed by atoms with Crippen molar-refractivity contribution in [2.24, 2.45) is 0 Å². The van der Waals surface area contributed by atoms with Crippen molar-refractivity contribution < 1.29 is 14.3 Å². The fourth-order valence-electron chi connectivity index (χ4n) is 1.62. The molecular formula is C12H13FN4O2. The van der Waals surface area contributed by atoms with E-state index >= 15 is 0 Å². The number of hydrogen-bond donors (Lipinski definition) is 2. The zero-order chi connectivity index (χ0) is 13.7. The van der Waals surface area contributed by atoms with Crippen molar-refractivity contribution in [2.45, 2.75) is 13.0 Å². The summed E-state index contributed by atoms with van der Waals surface area (Å²) in [7, 11) is 0. The van der Waals surface area contributed by atoms with Crippen LogP contribution in [0.25, 0.3) is 0 Å². The Hall–Kier alpha value is -2.44. The third-order valence-electron chi connectivity index (χ3n) is 2.54. The summed E-state index contributed by atoms with van der Waals surface area (Å²) in [5, 5.41) is 19.4. The van der Waals surface area contributed by atoms with E-state index in [1.807, 2.05) is 0 Å². The quantitative estimate of drug-likeness (QED) is 0.788. The molecule has 0 aliphatic heterocycles. The molecule has 1 amide bonds. The van der Waals surface area contributed by atoms with Gasteiger partial charge in [-0.3, -0.25) is 9.48 Å². The predicted octanol–water partition coefficient (Wildman–Crippen LogP) is 0.943. The second-order valence-electron chi connectivity index (χ2n) is 3.91. The number of aryl methyl sites for hydroxylation is 1. The van der Waals surface area contributed by atoms with E-state index in [1.54, 1.807) is 17.1 Å². The maximum atomic E-state index is 13.4. The summed E-state index contributed by atoms with van der Waals surface area (Å²) in [5.74, 6) is -1.74. The second kappa shape index (κ2) is 5.94. The van der Waals surface area contributed by atoms with Crippen molar-refractivity contribution in [2.75, 3.05) is 6.54 Å². The van der Waals surface area contributed by atoms with Crippen LogP contribution in [0.4, 0.5) is 4.39 Å². The summed E-state index contributed by atoms with van der Waals surface area (Å²) < 4.78 is 15.0. The molecule has 0 spiro atoms. The van der Waals surface area contributed by atoms with Gasteiger partial charge in [0, 0.05) is 19.3 Å². The molecule has 0 aliphatic rings. The minimum atomic E-state index is -0.742. The number of carbonyl (C=O) groups is 1. The molecule has 7 heteroatoms. The maximum absolute atomic E-state index is 13.4. The number of benzene rings is 1. The Morgan fingerprint density at radius 3 is 3.00 bits per heavy atom. The number of phenolic OH excluding ortho intramolecular Hbond substituents is 1. The fourth-order valence-corrected chi connectivity index (χ4v) is 1.62. The molecule has 6 nitrogen and oxygen atoms in total. The summed E-state index contributed by atoms with van der Waals surface area (Å²) in [4.78, 5) is 11.7. The Morgan fingerprint density at radius 1 is 1.47 bits per heavy atom. The summed E-state index contributed by atoms with van der Waals surface area (Å²) >= 11 is 0. The van der Waals surface area contributed by atoms with Crippen LogP contribution in [0.1, 0.15) is 16.8 Å². The lowest BCUT2D eigenvalue weighted by atomic mass is 10.1. The minimum absolute atomic E-state index is 0.330. The van der Waals surface area contributed by atoms with Gasteiger partial charge in [0.2, 0.25) is 0 Å². The number of nitrogens with zero attached hydrogens (tertiary/aromatic N) is 3. The first kappa shape index (κ1) is 13.0. The number of hydrogen-bond acceptors (Lipinski definition) is 4. The molecule has 1 aromatic carbocycles. The normalized spacial score (nSPS) is 10.4. The highest BCUT2D eigenvalue weighted by molar-refractivity contribution is 5.97. The number of carbonyl (C=O) groups excluding carboxylic acids is 1. The van der Waals surface area contributed by atoms with Gasteiger partial charge in [0.25, 0.3) is 5.91 Å². The van der Waals surface area contributed by atoms with Crippen LogP contribution in [0.3, 0.4) is 0 Å². The van der Waals surface area contributed by atoms with Gasteiger partial charge in [-0.05, 0) is 18.6 Å². The van der Waals surface area contributed by atoms with Crippen molar-refractivity contribution in [3.63, 3.8) is 0 Å². The lowest BCUT2D eigenvalue weighted by Crippen LogP contribution is -2.26. The van der Waals surface area contributed by atoms with E-state index in [-0.39, 0.29) is 11.3 Å². The summed E-state index contributed by atoms with van der Waals surface area (Å²) in [6, 6.07) is 3.74. The van der Waals surface area contributed by atoms with Crippen molar-refractivity contribution in [1.29, 1.82) is 0 Å². The number of rotatable bonds is 5. The smallest absolute Gasteiger partial charge is 0.258 e. The topological polar surface area (TPSA) is 80.0 Å². The third kappa shape index (κ3) is 3.27. The van der Waals surface area contributed by atoms with Gasteiger partial charge in [0.1, 0.15) is 17.1 Å². The van der Waals surface area contributed by atoms with E-state index in [2.05, 4.69) is 15.6 Å². The third-order valence-corrected chi connectivity index (χ3v) is 2.54. The molecule has 2 N–H and O–H groups in total. The van der Waals surface area contributed by atoms with Crippen LogP contribution >= 0.6 is 0 Å². The number of aromatic hydroxyl groups is 1. The maximum Gasteiger partial charge on any atom is 0.258 e. The lowest BCUT2D eigenvalue weighted by molar-refractivity contribution is 0.0945. The number of nitrogens with one attached hydrogen (secondary N) is 1. The molecular weight excluding hydrogens is 251 g/mol. The average Bonchev–Trinajstić information content (AvgIpc) is 2.87. The second-order valence-corrected chi connectivity index (χ2v) is 3.91. The molecule has 0 atom stereocenters. The highest BCUT2D eigenvalue weighted by atomic mass is 19.1. The van der Waals surface area contributed by atoms with Crippen LogP contribution < -0.4 is 5.32 Å². The molecule has 0 unspecified atom stereocenters. The van der Waals surface area contributed by atoms with Crippen LogP contribution in [-0.2, 0) is 6.54 Å². The molecule has 0 radical (unpaired) electrons. The first-order valence-corrected chi connectivity index (χ1v) is 5.78. The molecule has 1 heterocycles. The van der Waals surface area contributed by atoms with Crippen molar-refractivity contribution in [1.82, 2.24) is 20.3 Å². The number of amides is 1. The molecule has 2 rings (SSSR count). The van der Waals surface area contributed by atoms with E-state index in [1.165, 1.54) is 12.1 Å². The van der Waals surface area contributed by atoms with Gasteiger partial charge in [-0.15, -0.1) is 5.10 Å². The van der Waals surface area contributed by atoms with Crippen LogP contribution in [0.15, 0.2) is 30.6 Å². The highest BCUT2D eigenvalue weighted by Crippen LogP contribution is 2.19. The largest absolute Gasteiger partial charge is 0.507 e. The van der Waals surface area contributed by atoms with Crippen molar-refractivity contribution in [3.8, 4) is 5.75 Å². The molecule has 0 aliphatic carbocycles. The minimum Gasteiger partial charge on any atom is -0.507 e. The van der Waals surface area contributed by atoms with E-state index in [4.69, 9.17) is 0 Å². The van der Waals surface area contributed by atoms with Crippen LogP contribution in [0.2, 0.25) is 0 Å². The predicted molar refractivity (Wildman–Crippen MR) is 65.0 cm³/mol. The van der Waals surface area contributed by atoms with Crippen molar-refractivity contribution >= 4 is 5.91 Å². The molecule has 0 saturated heterocycles. The van der Waals surface area contributed by atoms with Gasteiger partial charge in [-0.2, -0.15) is 0 Å². The Labute approximate surface area is 108 Å². The Kier molecular flexibility index (Phi) is 4.07. The first-order valence-electron chi connectivity index (χ1n) is 5.78. The Morgan fingerprint density at radius 2 is 2.32 bits per heavy atom. The highest BCUT2D eigenvalue weighted by Gasteiger charge is 2.15. The summed E-state index contributed by atoms with van der Waals surface area (Å²) in [5.41, 5.74) is -0.330. The SMILES string of the molecule is O=C(NCCCn1ccnn1)c1c(O)cccc1F. The van der Waals surface area contributed by atoms with E-state index in [0.29, 0.717) is 19.5 Å². The molecule has 0 saturated carbocycles. The van der Waals surface area contributed by atoms with Gasteiger partial charge in [0.15, 0.2) is 0 Å². The van der Waals surface area contributed by atoms with Gasteiger partial charge in [0.05, 0.1) is 6.20 Å². The number of phenols is 1. The Balaban J connectivity index is 1.84. The van der Waals surface area contributed by atoms with E-state index in [9.17, 15) is 14.3 Å². The lowest BCUT2D eigenvalue weighted by Gasteiger charge is -2.07. The molecule has 100 valence electrons. The first-order chi connectivity index (χ1) is 9.18. The average molecular weight is 264 g/mol. The number of halogens is 1. The standard InChI is InChI=1S/C12H13FN4O2/c13-9-3-1-4-10(18)11(9)12(19)14-5-2-7-17-8-6-15-16-17/h1,3-4,6,8,18H,2,5,7H2,(H,14,19). The Bertz CT molecular complexity index is 537. The molecule has 0 fully saturated rings. The van der Waals surface area contributed by atoms with Crippen LogP contribution in [-0.4, -0.2) is 32.6 Å². The van der Waals surface area contributed by atoms with Gasteiger partial charge in [-0.1, -0.05) is 11.3 Å². The van der Waals surface area contributed by atoms with Gasteiger partial charge in [-0.25, -0.2) is 4.39 Å². The summed E-state index contributed by atoms with van der Waals surface area (Å²) in [6.45, 7) is 0.954. The molecule has 0 bridgehead atoms. The zero-order valence-corrected chi connectivity index (χ0v) is 10.1. The zero-order valence-electron chi connectivity index (χ0n) is 10.1. The molecule has 1 aromatic heterocycles. The van der Waals surface area contributed by atoms with Crippen LogP contribution in [0.5, 0.6) is 5.75 Å². The van der Waals surface area contributed by atoms with Crippen molar-refractivity contribution in [3.05, 3.63) is 42.0 Å². The van der Waals surface area contributed by atoms with Gasteiger partial charge < -0.3 is 10.4 Å². The molecule has 19 heavy (non-hydrogen) atoms. The van der Waals surface area contributed by atoms with E-state index < -0.39 is 11.7 Å². The number of aromatic nitrogens is 3. The van der Waals surface area contributed by atoms with Crippen LogP contribution in [0, 0.1) is 5.82 Å². The fraction of sp³-hybridized carbons (Fsp3) is 0.250. The van der Waals surface area contributed by atoms with E-state index in [0.717, 1.165) is 6.07 Å². The molecule has 2 aromatic rings. The summed E-state index contributed by atoms with van der Waals surface area (Å²) in [6.07, 6.45) is 3.91. The monoisotopic (exact) mass is 264 g/mol.